The first kappa shape index (κ1) is 16.8. The summed E-state index contributed by atoms with van der Waals surface area (Å²) in [6.07, 6.45) is 0.147. The Morgan fingerprint density at radius 2 is 2.00 bits per heavy atom. The lowest BCUT2D eigenvalue weighted by Gasteiger charge is -2.29. The first-order valence-corrected chi connectivity index (χ1v) is 7.57. The molecule has 1 fully saturated rings. The fourth-order valence-corrected chi connectivity index (χ4v) is 2.82. The van der Waals surface area contributed by atoms with Crippen molar-refractivity contribution in [2.75, 3.05) is 11.9 Å². The predicted molar refractivity (Wildman–Crippen MR) is 79.5 cm³/mol. The highest BCUT2D eigenvalue weighted by atomic mass is 19.4. The molecule has 2 unspecified atom stereocenters. The molecule has 0 heterocycles. The van der Waals surface area contributed by atoms with Gasteiger partial charge in [-0.15, -0.1) is 0 Å². The van der Waals surface area contributed by atoms with Crippen LogP contribution in [0.4, 0.5) is 18.9 Å². The van der Waals surface area contributed by atoms with E-state index in [1.54, 1.807) is 0 Å². The number of carbonyl (C=O) groups is 1. The highest BCUT2D eigenvalue weighted by molar-refractivity contribution is 5.92. The molecule has 1 amide bonds. The molecule has 1 aliphatic rings. The molecule has 0 aliphatic heterocycles. The maximum atomic E-state index is 12.6. The van der Waals surface area contributed by atoms with Gasteiger partial charge in [-0.2, -0.15) is 13.2 Å². The number of alkyl halides is 3. The lowest BCUT2D eigenvalue weighted by Crippen LogP contribution is -2.41. The Kier molecular flexibility index (Phi) is 5.45. The summed E-state index contributed by atoms with van der Waals surface area (Å²) in [7, 11) is 0. The second-order valence-electron chi connectivity index (χ2n) is 5.88. The van der Waals surface area contributed by atoms with Gasteiger partial charge >= 0.3 is 6.18 Å². The molecular weight excluding hydrogens is 293 g/mol. The van der Waals surface area contributed by atoms with Gasteiger partial charge in [-0.1, -0.05) is 25.8 Å². The molecule has 0 bridgehead atoms. The van der Waals surface area contributed by atoms with Gasteiger partial charge in [0.05, 0.1) is 12.1 Å². The van der Waals surface area contributed by atoms with Gasteiger partial charge in [-0.05, 0) is 37.0 Å². The van der Waals surface area contributed by atoms with E-state index in [4.69, 9.17) is 0 Å². The third-order valence-electron chi connectivity index (χ3n) is 4.11. The SMILES string of the molecule is CC1CCCCC1NCC(=O)Nc1cccc(C(F)(F)F)c1. The van der Waals surface area contributed by atoms with Crippen molar-refractivity contribution < 1.29 is 18.0 Å². The Bertz CT molecular complexity index is 516. The van der Waals surface area contributed by atoms with Gasteiger partial charge in [0.1, 0.15) is 0 Å². The lowest BCUT2D eigenvalue weighted by atomic mass is 9.86. The minimum Gasteiger partial charge on any atom is -0.325 e. The number of nitrogens with one attached hydrogen (secondary N) is 2. The Balaban J connectivity index is 1.87. The smallest absolute Gasteiger partial charge is 0.325 e. The lowest BCUT2D eigenvalue weighted by molar-refractivity contribution is -0.137. The van der Waals surface area contributed by atoms with E-state index in [9.17, 15) is 18.0 Å². The van der Waals surface area contributed by atoms with E-state index in [-0.39, 0.29) is 18.1 Å². The van der Waals surface area contributed by atoms with Crippen LogP contribution >= 0.6 is 0 Å². The summed E-state index contributed by atoms with van der Waals surface area (Å²) in [6, 6.07) is 4.98. The maximum absolute atomic E-state index is 12.6. The fraction of sp³-hybridized carbons (Fsp3) is 0.562. The quantitative estimate of drug-likeness (QED) is 0.887. The first-order chi connectivity index (χ1) is 10.4. The third-order valence-corrected chi connectivity index (χ3v) is 4.11. The van der Waals surface area contributed by atoms with Crippen LogP contribution in [0.25, 0.3) is 0 Å². The summed E-state index contributed by atoms with van der Waals surface area (Å²) in [5.41, 5.74) is -0.600. The number of amides is 1. The Morgan fingerprint density at radius 1 is 1.27 bits per heavy atom. The second-order valence-corrected chi connectivity index (χ2v) is 5.88. The van der Waals surface area contributed by atoms with Crippen molar-refractivity contribution in [3.8, 4) is 0 Å². The molecule has 3 nitrogen and oxygen atoms in total. The number of hydrogen-bond acceptors (Lipinski definition) is 2. The van der Waals surface area contributed by atoms with E-state index < -0.39 is 11.7 Å². The second kappa shape index (κ2) is 7.13. The largest absolute Gasteiger partial charge is 0.416 e. The zero-order chi connectivity index (χ0) is 16.2. The summed E-state index contributed by atoms with van der Waals surface area (Å²) in [6.45, 7) is 2.27. The molecular formula is C16H21F3N2O. The topological polar surface area (TPSA) is 41.1 Å². The monoisotopic (exact) mass is 314 g/mol. The normalized spacial score (nSPS) is 22.4. The van der Waals surface area contributed by atoms with Crippen LogP contribution in [0.3, 0.4) is 0 Å². The van der Waals surface area contributed by atoms with Gasteiger partial charge < -0.3 is 10.6 Å². The van der Waals surface area contributed by atoms with Crippen molar-refractivity contribution in [3.05, 3.63) is 29.8 Å². The van der Waals surface area contributed by atoms with Gasteiger partial charge in [0.15, 0.2) is 0 Å². The summed E-state index contributed by atoms with van der Waals surface area (Å²) in [4.78, 5) is 11.9. The van der Waals surface area contributed by atoms with E-state index in [2.05, 4.69) is 17.6 Å². The van der Waals surface area contributed by atoms with Gasteiger partial charge in [0.2, 0.25) is 5.91 Å². The van der Waals surface area contributed by atoms with Crippen molar-refractivity contribution >= 4 is 11.6 Å². The molecule has 0 radical (unpaired) electrons. The summed E-state index contributed by atoms with van der Waals surface area (Å²) in [5.74, 6) is 0.201. The Morgan fingerprint density at radius 3 is 2.68 bits per heavy atom. The number of hydrogen-bond donors (Lipinski definition) is 2. The Labute approximate surface area is 128 Å². The number of anilines is 1. The zero-order valence-corrected chi connectivity index (χ0v) is 12.5. The van der Waals surface area contributed by atoms with Crippen LogP contribution in [-0.2, 0) is 11.0 Å². The average Bonchev–Trinajstić information content (AvgIpc) is 2.46. The molecule has 2 N–H and O–H groups in total. The van der Waals surface area contributed by atoms with Crippen molar-refractivity contribution in [1.82, 2.24) is 5.32 Å². The molecule has 122 valence electrons. The third kappa shape index (κ3) is 4.73. The molecule has 1 saturated carbocycles. The number of benzene rings is 1. The van der Waals surface area contributed by atoms with Crippen molar-refractivity contribution in [2.45, 2.75) is 44.8 Å². The molecule has 2 atom stereocenters. The van der Waals surface area contributed by atoms with Crippen molar-refractivity contribution in [1.29, 1.82) is 0 Å². The highest BCUT2D eigenvalue weighted by Gasteiger charge is 2.30. The molecule has 0 aromatic heterocycles. The van der Waals surface area contributed by atoms with E-state index in [1.165, 1.54) is 18.6 Å². The van der Waals surface area contributed by atoms with E-state index in [0.717, 1.165) is 31.4 Å². The standard InChI is InChI=1S/C16H21F3N2O/c1-11-5-2-3-8-14(11)20-10-15(22)21-13-7-4-6-12(9-13)16(17,18)19/h4,6-7,9,11,14,20H,2-3,5,8,10H2,1H3,(H,21,22). The predicted octanol–water partition coefficient (Wildman–Crippen LogP) is 3.81. The minimum absolute atomic E-state index is 0.116. The molecule has 6 heteroatoms. The van der Waals surface area contributed by atoms with Crippen LogP contribution in [0.1, 0.15) is 38.2 Å². The van der Waals surface area contributed by atoms with E-state index in [1.807, 2.05) is 0 Å². The number of carbonyl (C=O) groups excluding carboxylic acids is 1. The molecule has 1 aromatic carbocycles. The number of halogens is 3. The molecule has 2 rings (SSSR count). The average molecular weight is 314 g/mol. The van der Waals surface area contributed by atoms with Crippen molar-refractivity contribution in [2.24, 2.45) is 5.92 Å². The van der Waals surface area contributed by atoms with Crippen LogP contribution in [0.15, 0.2) is 24.3 Å². The van der Waals surface area contributed by atoms with E-state index in [0.29, 0.717) is 12.0 Å². The van der Waals surface area contributed by atoms with Crippen LogP contribution < -0.4 is 10.6 Å². The molecule has 1 aliphatic carbocycles. The van der Waals surface area contributed by atoms with Crippen LogP contribution in [0.5, 0.6) is 0 Å². The van der Waals surface area contributed by atoms with Gasteiger partial charge in [-0.3, -0.25) is 4.79 Å². The highest BCUT2D eigenvalue weighted by Crippen LogP contribution is 2.30. The van der Waals surface area contributed by atoms with E-state index >= 15 is 0 Å². The van der Waals surface area contributed by atoms with Crippen LogP contribution in [0.2, 0.25) is 0 Å². The number of rotatable bonds is 4. The van der Waals surface area contributed by atoms with Crippen molar-refractivity contribution in [3.63, 3.8) is 0 Å². The summed E-state index contributed by atoms with van der Waals surface area (Å²) in [5, 5.41) is 5.71. The van der Waals surface area contributed by atoms with Gasteiger partial charge in [0, 0.05) is 11.7 Å². The summed E-state index contributed by atoms with van der Waals surface area (Å²) < 4.78 is 37.8. The minimum atomic E-state index is -4.41. The molecule has 1 aromatic rings. The molecule has 0 spiro atoms. The Hall–Kier alpha value is -1.56. The summed E-state index contributed by atoms with van der Waals surface area (Å²) >= 11 is 0. The fourth-order valence-electron chi connectivity index (χ4n) is 2.82. The van der Waals surface area contributed by atoms with Gasteiger partial charge in [0.25, 0.3) is 0 Å². The van der Waals surface area contributed by atoms with Crippen LogP contribution in [0, 0.1) is 5.92 Å². The molecule has 0 saturated heterocycles. The zero-order valence-electron chi connectivity index (χ0n) is 12.5. The maximum Gasteiger partial charge on any atom is 0.416 e. The van der Waals surface area contributed by atoms with Gasteiger partial charge in [-0.25, -0.2) is 0 Å². The van der Waals surface area contributed by atoms with Crippen LogP contribution in [-0.4, -0.2) is 18.5 Å². The molecule has 22 heavy (non-hydrogen) atoms. The first-order valence-electron chi connectivity index (χ1n) is 7.57.